The smallest absolute Gasteiger partial charge is 0.233 e. The first-order valence-electron chi connectivity index (χ1n) is 10.2. The molecule has 8 heteroatoms. The number of aryl methyl sites for hydroxylation is 1. The zero-order valence-electron chi connectivity index (χ0n) is 18.5. The topological polar surface area (TPSA) is 101 Å². The van der Waals surface area contributed by atoms with Crippen LogP contribution in [0.5, 0.6) is 11.6 Å². The van der Waals surface area contributed by atoms with Crippen LogP contribution in [0.2, 0.25) is 0 Å². The Balaban J connectivity index is 1.74. The second-order valence-corrected chi connectivity index (χ2v) is 7.91. The lowest BCUT2D eigenvalue weighted by Gasteiger charge is -2.27. The van der Waals surface area contributed by atoms with Crippen molar-refractivity contribution in [3.8, 4) is 11.6 Å². The summed E-state index contributed by atoms with van der Waals surface area (Å²) in [6.07, 6.45) is 0.252. The first kappa shape index (κ1) is 23.6. The second kappa shape index (κ2) is 11.5. The fourth-order valence-electron chi connectivity index (χ4n) is 2.51. The van der Waals surface area contributed by atoms with E-state index >= 15 is 0 Å². The number of rotatable bonds is 12. The van der Waals surface area contributed by atoms with E-state index in [1.807, 2.05) is 52.0 Å². The highest BCUT2D eigenvalue weighted by molar-refractivity contribution is 5.79. The third-order valence-electron chi connectivity index (χ3n) is 4.22. The molecule has 0 bridgehead atoms. The number of para-hydroxylation sites is 1. The number of aromatic nitrogens is 2. The van der Waals surface area contributed by atoms with Crippen molar-refractivity contribution in [2.45, 2.75) is 52.7 Å². The molecule has 0 saturated heterocycles. The largest absolute Gasteiger partial charge is 0.491 e. The zero-order chi connectivity index (χ0) is 22.0. The lowest BCUT2D eigenvalue weighted by atomic mass is 10.1. The van der Waals surface area contributed by atoms with E-state index < -0.39 is 6.10 Å². The second-order valence-electron chi connectivity index (χ2n) is 7.91. The number of hydrazone groups is 1. The molecule has 8 nitrogen and oxygen atoms in total. The van der Waals surface area contributed by atoms with Crippen molar-refractivity contribution in [3.63, 3.8) is 0 Å². The summed E-state index contributed by atoms with van der Waals surface area (Å²) in [6.45, 7) is 10.8. The van der Waals surface area contributed by atoms with Gasteiger partial charge < -0.3 is 19.9 Å². The highest BCUT2D eigenvalue weighted by atomic mass is 16.5. The molecular weight excluding hydrogens is 382 g/mol. The number of hydrogen-bond donors (Lipinski definition) is 3. The molecule has 30 heavy (non-hydrogen) atoms. The van der Waals surface area contributed by atoms with Crippen LogP contribution in [0.1, 0.15) is 40.2 Å². The summed E-state index contributed by atoms with van der Waals surface area (Å²) in [4.78, 5) is 0. The van der Waals surface area contributed by atoms with Crippen LogP contribution in [-0.4, -0.2) is 52.4 Å². The Morgan fingerprint density at radius 3 is 2.57 bits per heavy atom. The molecule has 1 aromatic heterocycles. The number of aliphatic hydroxyl groups excluding tert-OH is 1. The Kier molecular flexibility index (Phi) is 9.01. The van der Waals surface area contributed by atoms with Gasteiger partial charge in [-0.25, -0.2) is 0 Å². The van der Waals surface area contributed by atoms with Crippen molar-refractivity contribution in [1.29, 1.82) is 0 Å². The fraction of sp³-hybridized carbons (Fsp3) is 0.500. The van der Waals surface area contributed by atoms with Crippen LogP contribution in [0, 0.1) is 0 Å². The van der Waals surface area contributed by atoms with Gasteiger partial charge >= 0.3 is 0 Å². The molecule has 0 aliphatic rings. The maximum atomic E-state index is 10.3. The summed E-state index contributed by atoms with van der Waals surface area (Å²) in [5.41, 5.74) is 4.47. The Labute approximate surface area is 178 Å². The molecule has 0 saturated carbocycles. The Morgan fingerprint density at radius 1 is 1.13 bits per heavy atom. The predicted molar refractivity (Wildman–Crippen MR) is 119 cm³/mol. The van der Waals surface area contributed by atoms with E-state index in [0.717, 1.165) is 23.4 Å². The van der Waals surface area contributed by atoms with Crippen LogP contribution in [0.3, 0.4) is 0 Å². The van der Waals surface area contributed by atoms with Gasteiger partial charge in [0.1, 0.15) is 25.1 Å². The molecule has 1 aromatic carbocycles. The van der Waals surface area contributed by atoms with Gasteiger partial charge in [-0.15, -0.1) is 10.2 Å². The number of nitrogens with one attached hydrogen (secondary N) is 2. The Morgan fingerprint density at radius 2 is 1.90 bits per heavy atom. The molecule has 1 heterocycles. The number of benzene rings is 1. The minimum atomic E-state index is -0.637. The molecule has 3 N–H and O–H groups in total. The van der Waals surface area contributed by atoms with E-state index in [1.165, 1.54) is 0 Å². The number of hydrogen-bond acceptors (Lipinski definition) is 8. The van der Waals surface area contributed by atoms with E-state index in [4.69, 9.17) is 9.47 Å². The molecule has 1 atom stereocenters. The third kappa shape index (κ3) is 8.34. The summed E-state index contributed by atoms with van der Waals surface area (Å²) in [5.74, 6) is 1.79. The van der Waals surface area contributed by atoms with Gasteiger partial charge in [0.15, 0.2) is 5.82 Å². The molecular formula is C22H33N5O3. The SMILES string of the molecule is CCc1ccccc1OCC(O)CNC(C)(C)COc1ccc(NN=C(C)C)nn1. The van der Waals surface area contributed by atoms with Crippen LogP contribution in [-0.2, 0) is 6.42 Å². The minimum absolute atomic E-state index is 0.223. The van der Waals surface area contributed by atoms with Crippen LogP contribution in [0.4, 0.5) is 5.82 Å². The summed E-state index contributed by atoms with van der Waals surface area (Å²) < 4.78 is 11.5. The van der Waals surface area contributed by atoms with Crippen molar-refractivity contribution in [2.24, 2.45) is 5.10 Å². The zero-order valence-corrected chi connectivity index (χ0v) is 18.5. The standard InChI is InChI=1S/C22H33N5O3/c1-6-17-9-7-8-10-19(17)29-14-18(28)13-23-22(4,5)15-30-21-12-11-20(26-27-21)25-24-16(2)3/h7-12,18,23,28H,6,13-15H2,1-5H3,(H,25,26). The average Bonchev–Trinajstić information content (AvgIpc) is 2.74. The maximum Gasteiger partial charge on any atom is 0.233 e. The van der Waals surface area contributed by atoms with Gasteiger partial charge in [0.05, 0.1) is 0 Å². The minimum Gasteiger partial charge on any atom is -0.491 e. The van der Waals surface area contributed by atoms with Crippen molar-refractivity contribution in [1.82, 2.24) is 15.5 Å². The maximum absolute atomic E-state index is 10.3. The molecule has 0 fully saturated rings. The molecule has 0 aliphatic heterocycles. The van der Waals surface area contributed by atoms with Gasteiger partial charge in [0.25, 0.3) is 0 Å². The van der Waals surface area contributed by atoms with Crippen LogP contribution in [0.25, 0.3) is 0 Å². The van der Waals surface area contributed by atoms with E-state index in [0.29, 0.717) is 24.8 Å². The first-order chi connectivity index (χ1) is 14.3. The first-order valence-corrected chi connectivity index (χ1v) is 10.2. The van der Waals surface area contributed by atoms with Gasteiger partial charge in [-0.05, 0) is 51.8 Å². The number of anilines is 1. The molecule has 0 radical (unpaired) electrons. The van der Waals surface area contributed by atoms with E-state index in [1.54, 1.807) is 12.1 Å². The van der Waals surface area contributed by atoms with E-state index in [2.05, 4.69) is 33.0 Å². The number of β-amino-alcohol motifs (C(OH)–C–C–N with tert-alkyl or cyclic N) is 1. The summed E-state index contributed by atoms with van der Waals surface area (Å²) in [5, 5.41) is 25.7. The van der Waals surface area contributed by atoms with Gasteiger partial charge in [-0.3, -0.25) is 5.43 Å². The number of nitrogens with zero attached hydrogens (tertiary/aromatic N) is 3. The predicted octanol–water partition coefficient (Wildman–Crippen LogP) is 3.03. The average molecular weight is 416 g/mol. The van der Waals surface area contributed by atoms with Crippen molar-refractivity contribution in [3.05, 3.63) is 42.0 Å². The quantitative estimate of drug-likeness (QED) is 0.362. The molecule has 0 amide bonds. The molecule has 1 unspecified atom stereocenters. The fourth-order valence-corrected chi connectivity index (χ4v) is 2.51. The number of ether oxygens (including phenoxy) is 2. The van der Waals surface area contributed by atoms with Crippen LogP contribution in [0.15, 0.2) is 41.5 Å². The van der Waals surface area contributed by atoms with Gasteiger partial charge in [-0.2, -0.15) is 5.10 Å². The molecule has 2 aromatic rings. The van der Waals surface area contributed by atoms with E-state index in [9.17, 15) is 5.11 Å². The highest BCUT2D eigenvalue weighted by Crippen LogP contribution is 2.18. The summed E-state index contributed by atoms with van der Waals surface area (Å²) >= 11 is 0. The number of aliphatic hydroxyl groups is 1. The van der Waals surface area contributed by atoms with Crippen LogP contribution < -0.4 is 20.2 Å². The van der Waals surface area contributed by atoms with Crippen molar-refractivity contribution in [2.75, 3.05) is 25.2 Å². The van der Waals surface area contributed by atoms with Crippen molar-refractivity contribution < 1.29 is 14.6 Å². The highest BCUT2D eigenvalue weighted by Gasteiger charge is 2.20. The lowest BCUT2D eigenvalue weighted by molar-refractivity contribution is 0.0919. The van der Waals surface area contributed by atoms with Gasteiger partial charge in [-0.1, -0.05) is 25.1 Å². The summed E-state index contributed by atoms with van der Waals surface area (Å²) in [7, 11) is 0. The normalized spacial score (nSPS) is 12.2. The van der Waals surface area contributed by atoms with E-state index in [-0.39, 0.29) is 12.1 Å². The Bertz CT molecular complexity index is 805. The van der Waals surface area contributed by atoms with Crippen LogP contribution >= 0.6 is 0 Å². The lowest BCUT2D eigenvalue weighted by Crippen LogP contribution is -2.48. The van der Waals surface area contributed by atoms with Gasteiger partial charge in [0.2, 0.25) is 5.88 Å². The molecule has 0 aliphatic carbocycles. The Hall–Kier alpha value is -2.71. The van der Waals surface area contributed by atoms with Crippen molar-refractivity contribution >= 4 is 11.5 Å². The third-order valence-corrected chi connectivity index (χ3v) is 4.22. The molecule has 164 valence electrons. The molecule has 2 rings (SSSR count). The monoisotopic (exact) mass is 415 g/mol. The molecule has 0 spiro atoms. The summed E-state index contributed by atoms with van der Waals surface area (Å²) in [6, 6.07) is 11.4. The van der Waals surface area contributed by atoms with Gasteiger partial charge in [0, 0.05) is 23.9 Å².